The van der Waals surface area contributed by atoms with Crippen LogP contribution < -0.4 is 15.4 Å². The molecule has 0 amide bonds. The molecule has 2 aromatic rings. The molecule has 0 fully saturated rings. The lowest BCUT2D eigenvalue weighted by molar-refractivity contribution is 0.192. The largest absolute Gasteiger partial charge is 0.497 e. The standard InChI is InChI=1S/C20H28N4OS/c1-15(24-10-8-19-17(14-24)9-11-26-19)12-22-20(21-2)23-13-16-4-6-18(25-3)7-5-16/h4-7,9,11,15H,8,10,12-14H2,1-3H3,(H2,21,22,23). The average molecular weight is 373 g/mol. The maximum Gasteiger partial charge on any atom is 0.191 e. The Labute approximate surface area is 160 Å². The van der Waals surface area contributed by atoms with Crippen LogP contribution in [0.3, 0.4) is 0 Å². The Morgan fingerprint density at radius 3 is 2.81 bits per heavy atom. The van der Waals surface area contributed by atoms with Gasteiger partial charge in [0.05, 0.1) is 7.11 Å². The van der Waals surface area contributed by atoms with E-state index in [1.807, 2.05) is 30.5 Å². The van der Waals surface area contributed by atoms with E-state index in [1.54, 1.807) is 12.0 Å². The van der Waals surface area contributed by atoms with Crippen LogP contribution in [0, 0.1) is 0 Å². The summed E-state index contributed by atoms with van der Waals surface area (Å²) in [5.74, 6) is 1.71. The van der Waals surface area contributed by atoms with Crippen LogP contribution in [0.1, 0.15) is 22.9 Å². The van der Waals surface area contributed by atoms with E-state index in [-0.39, 0.29) is 0 Å². The second-order valence-corrected chi connectivity index (χ2v) is 7.59. The molecule has 2 N–H and O–H groups in total. The predicted octanol–water partition coefficient (Wildman–Crippen LogP) is 2.87. The Morgan fingerprint density at radius 1 is 1.27 bits per heavy atom. The fourth-order valence-corrected chi connectivity index (χ4v) is 4.06. The van der Waals surface area contributed by atoms with Gasteiger partial charge in [0, 0.05) is 44.1 Å². The summed E-state index contributed by atoms with van der Waals surface area (Å²) in [4.78, 5) is 8.43. The molecule has 1 aromatic heterocycles. The van der Waals surface area contributed by atoms with Gasteiger partial charge in [0.2, 0.25) is 0 Å². The molecule has 1 atom stereocenters. The summed E-state index contributed by atoms with van der Waals surface area (Å²) >= 11 is 1.89. The van der Waals surface area contributed by atoms with Gasteiger partial charge in [-0.05, 0) is 48.1 Å². The molecule has 2 heterocycles. The molecule has 26 heavy (non-hydrogen) atoms. The molecule has 0 bridgehead atoms. The highest BCUT2D eigenvalue weighted by Crippen LogP contribution is 2.24. The van der Waals surface area contributed by atoms with Crippen LogP contribution in [0.5, 0.6) is 5.75 Å². The number of aliphatic imine (C=N–C) groups is 1. The van der Waals surface area contributed by atoms with E-state index in [4.69, 9.17) is 4.74 Å². The zero-order valence-electron chi connectivity index (χ0n) is 15.8. The summed E-state index contributed by atoms with van der Waals surface area (Å²) in [6, 6.07) is 10.8. The molecule has 6 heteroatoms. The Hall–Kier alpha value is -2.05. The highest BCUT2D eigenvalue weighted by Gasteiger charge is 2.21. The van der Waals surface area contributed by atoms with Crippen molar-refractivity contribution in [3.8, 4) is 5.75 Å². The number of benzene rings is 1. The molecule has 1 aromatic carbocycles. The third-order valence-electron chi connectivity index (χ3n) is 4.87. The zero-order chi connectivity index (χ0) is 18.4. The Kier molecular flexibility index (Phi) is 6.52. The van der Waals surface area contributed by atoms with Crippen molar-refractivity contribution in [1.29, 1.82) is 0 Å². The molecule has 140 valence electrons. The number of nitrogens with zero attached hydrogens (tertiary/aromatic N) is 2. The SMILES string of the molecule is CN=C(NCc1ccc(OC)cc1)NCC(C)N1CCc2sccc2C1. The fourth-order valence-electron chi connectivity index (χ4n) is 3.17. The number of hydrogen-bond acceptors (Lipinski definition) is 4. The minimum Gasteiger partial charge on any atom is -0.497 e. The number of guanidine groups is 1. The molecule has 3 rings (SSSR count). The topological polar surface area (TPSA) is 48.9 Å². The first-order valence-electron chi connectivity index (χ1n) is 9.06. The molecular formula is C20H28N4OS. The van der Waals surface area contributed by atoms with Crippen molar-refractivity contribution in [1.82, 2.24) is 15.5 Å². The summed E-state index contributed by atoms with van der Waals surface area (Å²) < 4.78 is 5.19. The number of hydrogen-bond donors (Lipinski definition) is 2. The fraction of sp³-hybridized carbons (Fsp3) is 0.450. The van der Waals surface area contributed by atoms with Gasteiger partial charge in [0.15, 0.2) is 5.96 Å². The zero-order valence-corrected chi connectivity index (χ0v) is 16.6. The van der Waals surface area contributed by atoms with Crippen LogP contribution in [0.25, 0.3) is 0 Å². The van der Waals surface area contributed by atoms with Gasteiger partial charge in [0.25, 0.3) is 0 Å². The van der Waals surface area contributed by atoms with Gasteiger partial charge in [0.1, 0.15) is 5.75 Å². The molecule has 1 aliphatic rings. The number of fused-ring (bicyclic) bond motifs is 1. The van der Waals surface area contributed by atoms with Crippen molar-refractivity contribution in [2.24, 2.45) is 4.99 Å². The monoisotopic (exact) mass is 372 g/mol. The minimum atomic E-state index is 0.461. The number of methoxy groups -OCH3 is 1. The van der Waals surface area contributed by atoms with Crippen LogP contribution in [-0.4, -0.2) is 44.1 Å². The van der Waals surface area contributed by atoms with Crippen molar-refractivity contribution >= 4 is 17.3 Å². The van der Waals surface area contributed by atoms with Gasteiger partial charge in [-0.25, -0.2) is 0 Å². The van der Waals surface area contributed by atoms with Crippen LogP contribution in [0.2, 0.25) is 0 Å². The third kappa shape index (κ3) is 4.77. The lowest BCUT2D eigenvalue weighted by Crippen LogP contribution is -2.47. The van der Waals surface area contributed by atoms with E-state index in [9.17, 15) is 0 Å². The molecule has 0 saturated heterocycles. The second-order valence-electron chi connectivity index (χ2n) is 6.59. The van der Waals surface area contributed by atoms with Crippen molar-refractivity contribution in [2.45, 2.75) is 32.5 Å². The minimum absolute atomic E-state index is 0.461. The van der Waals surface area contributed by atoms with E-state index < -0.39 is 0 Å². The molecule has 5 nitrogen and oxygen atoms in total. The van der Waals surface area contributed by atoms with Crippen LogP contribution in [-0.2, 0) is 19.5 Å². The van der Waals surface area contributed by atoms with Gasteiger partial charge in [-0.1, -0.05) is 12.1 Å². The van der Waals surface area contributed by atoms with E-state index in [0.29, 0.717) is 6.04 Å². The summed E-state index contributed by atoms with van der Waals surface area (Å²) in [6.45, 7) is 6.08. The van der Waals surface area contributed by atoms with E-state index >= 15 is 0 Å². The van der Waals surface area contributed by atoms with Crippen LogP contribution in [0.15, 0.2) is 40.7 Å². The van der Waals surface area contributed by atoms with Gasteiger partial charge in [-0.2, -0.15) is 0 Å². The average Bonchev–Trinajstić information content (AvgIpc) is 3.16. The molecule has 0 aliphatic carbocycles. The molecular weight excluding hydrogens is 344 g/mol. The van der Waals surface area contributed by atoms with E-state index in [2.05, 4.69) is 51.0 Å². The first-order chi connectivity index (χ1) is 12.7. The lowest BCUT2D eigenvalue weighted by atomic mass is 10.1. The normalized spacial score (nSPS) is 16.0. The van der Waals surface area contributed by atoms with E-state index in [1.165, 1.54) is 17.5 Å². The molecule has 0 radical (unpaired) electrons. The summed E-state index contributed by atoms with van der Waals surface area (Å²) in [6.07, 6.45) is 1.17. The third-order valence-corrected chi connectivity index (χ3v) is 5.89. The smallest absolute Gasteiger partial charge is 0.191 e. The highest BCUT2D eigenvalue weighted by atomic mass is 32.1. The second kappa shape index (κ2) is 9.05. The van der Waals surface area contributed by atoms with Crippen molar-refractivity contribution in [2.75, 3.05) is 27.2 Å². The first kappa shape index (κ1) is 18.7. The van der Waals surface area contributed by atoms with E-state index in [0.717, 1.165) is 37.9 Å². The molecule has 0 saturated carbocycles. The number of ether oxygens (including phenoxy) is 1. The Bertz CT molecular complexity index is 726. The highest BCUT2D eigenvalue weighted by molar-refractivity contribution is 7.10. The summed E-state index contributed by atoms with van der Waals surface area (Å²) in [5.41, 5.74) is 2.69. The Morgan fingerprint density at radius 2 is 2.08 bits per heavy atom. The predicted molar refractivity (Wildman–Crippen MR) is 109 cm³/mol. The molecule has 0 spiro atoms. The molecule has 1 aliphatic heterocycles. The van der Waals surface area contributed by atoms with Gasteiger partial charge >= 0.3 is 0 Å². The number of thiophene rings is 1. The Balaban J connectivity index is 1.44. The van der Waals surface area contributed by atoms with Gasteiger partial charge in [-0.15, -0.1) is 11.3 Å². The summed E-state index contributed by atoms with van der Waals surface area (Å²) in [7, 11) is 3.49. The first-order valence-corrected chi connectivity index (χ1v) is 9.94. The van der Waals surface area contributed by atoms with Crippen molar-refractivity contribution in [3.63, 3.8) is 0 Å². The number of nitrogens with one attached hydrogen (secondary N) is 2. The summed E-state index contributed by atoms with van der Waals surface area (Å²) in [5, 5.41) is 9.04. The van der Waals surface area contributed by atoms with Crippen molar-refractivity contribution < 1.29 is 4.74 Å². The van der Waals surface area contributed by atoms with Gasteiger partial charge < -0.3 is 15.4 Å². The number of rotatable bonds is 6. The molecule has 1 unspecified atom stereocenters. The van der Waals surface area contributed by atoms with Crippen molar-refractivity contribution in [3.05, 3.63) is 51.7 Å². The van der Waals surface area contributed by atoms with Crippen LogP contribution in [0.4, 0.5) is 0 Å². The lowest BCUT2D eigenvalue weighted by Gasteiger charge is -2.32. The maximum atomic E-state index is 5.19. The van der Waals surface area contributed by atoms with Crippen LogP contribution >= 0.6 is 11.3 Å². The van der Waals surface area contributed by atoms with Gasteiger partial charge in [-0.3, -0.25) is 9.89 Å². The maximum absolute atomic E-state index is 5.19. The quantitative estimate of drug-likeness (QED) is 0.605.